The summed E-state index contributed by atoms with van der Waals surface area (Å²) in [5.74, 6) is -0.178. The number of pyridine rings is 1. The van der Waals surface area contributed by atoms with Gasteiger partial charge in [0.15, 0.2) is 5.76 Å². The van der Waals surface area contributed by atoms with Crippen molar-refractivity contribution in [3.63, 3.8) is 0 Å². The van der Waals surface area contributed by atoms with Gasteiger partial charge in [-0.05, 0) is 42.0 Å². The van der Waals surface area contributed by atoms with Crippen molar-refractivity contribution in [2.24, 2.45) is 5.10 Å². The first-order chi connectivity index (χ1) is 10.2. The zero-order valence-electron chi connectivity index (χ0n) is 10.8. The first kappa shape index (κ1) is 13.5. The molecule has 3 aromatic rings. The molecule has 0 saturated heterocycles. The maximum atomic E-state index is 11.9. The Morgan fingerprint density at radius 3 is 2.86 bits per heavy atom. The number of furan rings is 1. The average molecular weight is 344 g/mol. The molecule has 0 aliphatic heterocycles. The third-order valence-corrected chi connectivity index (χ3v) is 3.28. The Balaban J connectivity index is 1.73. The third-order valence-electron chi connectivity index (χ3n) is 2.79. The molecule has 1 N–H and O–H groups in total. The van der Waals surface area contributed by atoms with Crippen molar-refractivity contribution in [2.75, 3.05) is 0 Å². The van der Waals surface area contributed by atoms with E-state index in [1.165, 1.54) is 0 Å². The third kappa shape index (κ3) is 3.17. The van der Waals surface area contributed by atoms with Gasteiger partial charge in [0.2, 0.25) is 0 Å². The second-order valence-corrected chi connectivity index (χ2v) is 5.19. The molecule has 0 atom stereocenters. The molecule has 0 aliphatic carbocycles. The average Bonchev–Trinajstić information content (AvgIpc) is 2.91. The second kappa shape index (κ2) is 5.88. The lowest BCUT2D eigenvalue weighted by atomic mass is 10.2. The van der Waals surface area contributed by atoms with E-state index >= 15 is 0 Å². The molecule has 0 bridgehead atoms. The van der Waals surface area contributed by atoms with Gasteiger partial charge in [-0.2, -0.15) is 5.10 Å². The summed E-state index contributed by atoms with van der Waals surface area (Å²) in [7, 11) is 0. The lowest BCUT2D eigenvalue weighted by Crippen LogP contribution is -2.16. The second-order valence-electron chi connectivity index (χ2n) is 4.27. The summed E-state index contributed by atoms with van der Waals surface area (Å²) < 4.78 is 6.40. The number of halogens is 1. The van der Waals surface area contributed by atoms with Gasteiger partial charge < -0.3 is 4.42 Å². The van der Waals surface area contributed by atoms with Crippen molar-refractivity contribution in [2.45, 2.75) is 0 Å². The van der Waals surface area contributed by atoms with E-state index in [2.05, 4.69) is 31.4 Å². The van der Waals surface area contributed by atoms with E-state index in [0.29, 0.717) is 5.58 Å². The van der Waals surface area contributed by atoms with E-state index in [1.54, 1.807) is 42.9 Å². The summed E-state index contributed by atoms with van der Waals surface area (Å²) in [5, 5.41) is 4.74. The summed E-state index contributed by atoms with van der Waals surface area (Å²) in [6.45, 7) is 0. The quantitative estimate of drug-likeness (QED) is 0.585. The fourth-order valence-corrected chi connectivity index (χ4v) is 2.17. The van der Waals surface area contributed by atoms with Gasteiger partial charge in [0.1, 0.15) is 5.58 Å². The Hall–Kier alpha value is -2.47. The molecule has 0 fully saturated rings. The minimum Gasteiger partial charge on any atom is -0.451 e. The monoisotopic (exact) mass is 343 g/mol. The number of carbonyl (C=O) groups excluding carboxylic acids is 1. The van der Waals surface area contributed by atoms with Crippen LogP contribution in [0, 0.1) is 0 Å². The maximum Gasteiger partial charge on any atom is 0.307 e. The SMILES string of the molecule is O=C(NN=Cc1ccncc1)c1cc2cc(Br)ccc2o1. The number of carbonyl (C=O) groups is 1. The van der Waals surface area contributed by atoms with Crippen molar-refractivity contribution < 1.29 is 9.21 Å². The number of fused-ring (bicyclic) bond motifs is 1. The molecule has 6 heteroatoms. The highest BCUT2D eigenvalue weighted by Gasteiger charge is 2.11. The van der Waals surface area contributed by atoms with E-state index in [1.807, 2.05) is 12.1 Å². The van der Waals surface area contributed by atoms with Crippen molar-refractivity contribution in [3.8, 4) is 0 Å². The van der Waals surface area contributed by atoms with Crippen LogP contribution in [0.3, 0.4) is 0 Å². The highest BCUT2D eigenvalue weighted by Crippen LogP contribution is 2.23. The van der Waals surface area contributed by atoms with Gasteiger partial charge in [-0.25, -0.2) is 5.43 Å². The smallest absolute Gasteiger partial charge is 0.307 e. The first-order valence-electron chi connectivity index (χ1n) is 6.15. The van der Waals surface area contributed by atoms with Crippen molar-refractivity contribution >= 4 is 39.0 Å². The van der Waals surface area contributed by atoms with Gasteiger partial charge in [0.05, 0.1) is 6.21 Å². The van der Waals surface area contributed by atoms with Gasteiger partial charge in [-0.15, -0.1) is 0 Å². The number of hydrazone groups is 1. The maximum absolute atomic E-state index is 11.9. The van der Waals surface area contributed by atoms with Gasteiger partial charge in [-0.3, -0.25) is 9.78 Å². The Kier molecular flexibility index (Phi) is 3.79. The van der Waals surface area contributed by atoms with Crippen molar-refractivity contribution in [1.29, 1.82) is 0 Å². The minimum absolute atomic E-state index is 0.218. The molecular formula is C15H10BrN3O2. The largest absolute Gasteiger partial charge is 0.451 e. The van der Waals surface area contributed by atoms with E-state index < -0.39 is 5.91 Å². The summed E-state index contributed by atoms with van der Waals surface area (Å²) in [6, 6.07) is 10.8. The standard InChI is InChI=1S/C15H10BrN3O2/c16-12-1-2-13-11(7-12)8-14(21-13)15(20)19-18-9-10-3-5-17-6-4-10/h1-9H,(H,19,20). The summed E-state index contributed by atoms with van der Waals surface area (Å²) >= 11 is 3.38. The van der Waals surface area contributed by atoms with Crippen LogP contribution in [0.5, 0.6) is 0 Å². The van der Waals surface area contributed by atoms with Crippen molar-refractivity contribution in [1.82, 2.24) is 10.4 Å². The van der Waals surface area contributed by atoms with E-state index in [4.69, 9.17) is 4.42 Å². The highest BCUT2D eigenvalue weighted by atomic mass is 79.9. The van der Waals surface area contributed by atoms with E-state index in [-0.39, 0.29) is 5.76 Å². The van der Waals surface area contributed by atoms with Crippen molar-refractivity contribution in [3.05, 3.63) is 64.6 Å². The van der Waals surface area contributed by atoms with Gasteiger partial charge in [0.25, 0.3) is 0 Å². The lowest BCUT2D eigenvalue weighted by Gasteiger charge is -1.95. The number of hydrogen-bond acceptors (Lipinski definition) is 4. The van der Waals surface area contributed by atoms with Crippen LogP contribution < -0.4 is 5.43 Å². The zero-order chi connectivity index (χ0) is 14.7. The molecule has 0 saturated carbocycles. The Labute approximate surface area is 128 Å². The van der Waals surface area contributed by atoms with Crippen LogP contribution in [0.1, 0.15) is 16.1 Å². The molecule has 104 valence electrons. The molecule has 1 amide bonds. The van der Waals surface area contributed by atoms with Crippen LogP contribution >= 0.6 is 15.9 Å². The molecule has 0 aliphatic rings. The number of amides is 1. The number of benzene rings is 1. The minimum atomic E-state index is -0.396. The fourth-order valence-electron chi connectivity index (χ4n) is 1.80. The molecule has 0 radical (unpaired) electrons. The highest BCUT2D eigenvalue weighted by molar-refractivity contribution is 9.10. The Morgan fingerprint density at radius 1 is 1.24 bits per heavy atom. The van der Waals surface area contributed by atoms with E-state index in [0.717, 1.165) is 15.4 Å². The van der Waals surface area contributed by atoms with Crippen LogP contribution in [-0.2, 0) is 0 Å². The predicted octanol–water partition coefficient (Wildman–Crippen LogP) is 3.35. The van der Waals surface area contributed by atoms with Gasteiger partial charge in [0, 0.05) is 22.3 Å². The zero-order valence-corrected chi connectivity index (χ0v) is 12.4. The van der Waals surface area contributed by atoms with E-state index in [9.17, 15) is 4.79 Å². The van der Waals surface area contributed by atoms with Crippen LogP contribution in [0.15, 0.2) is 62.8 Å². The molecule has 2 heterocycles. The summed E-state index contributed by atoms with van der Waals surface area (Å²) in [4.78, 5) is 15.8. The van der Waals surface area contributed by atoms with Gasteiger partial charge in [-0.1, -0.05) is 15.9 Å². The number of aromatic nitrogens is 1. The van der Waals surface area contributed by atoms with Crippen LogP contribution in [0.25, 0.3) is 11.0 Å². The summed E-state index contributed by atoms with van der Waals surface area (Å²) in [5.41, 5.74) is 3.93. The number of nitrogens with zero attached hydrogens (tertiary/aromatic N) is 2. The number of rotatable bonds is 3. The topological polar surface area (TPSA) is 67.5 Å². The molecule has 3 rings (SSSR count). The number of hydrogen-bond donors (Lipinski definition) is 1. The lowest BCUT2D eigenvalue weighted by molar-refractivity contribution is 0.0929. The van der Waals surface area contributed by atoms with Gasteiger partial charge >= 0.3 is 5.91 Å². The first-order valence-corrected chi connectivity index (χ1v) is 6.94. The molecular weight excluding hydrogens is 334 g/mol. The molecule has 0 unspecified atom stereocenters. The molecule has 5 nitrogen and oxygen atoms in total. The molecule has 1 aromatic carbocycles. The Bertz CT molecular complexity index is 812. The van der Waals surface area contributed by atoms with Crippen LogP contribution in [-0.4, -0.2) is 17.1 Å². The predicted molar refractivity (Wildman–Crippen MR) is 83.2 cm³/mol. The summed E-state index contributed by atoms with van der Waals surface area (Å²) in [6.07, 6.45) is 4.85. The number of nitrogens with one attached hydrogen (secondary N) is 1. The molecule has 21 heavy (non-hydrogen) atoms. The van der Waals surface area contributed by atoms with Crippen LogP contribution in [0.4, 0.5) is 0 Å². The molecule has 0 spiro atoms. The fraction of sp³-hybridized carbons (Fsp3) is 0. The molecule has 2 aromatic heterocycles. The normalized spacial score (nSPS) is 11.1. The Morgan fingerprint density at radius 2 is 2.05 bits per heavy atom. The van der Waals surface area contributed by atoms with Crippen LogP contribution in [0.2, 0.25) is 0 Å².